The molecule has 1 amide bonds. The van der Waals surface area contributed by atoms with Gasteiger partial charge in [0, 0.05) is 12.5 Å². The molecular weight excluding hydrogens is 458 g/mol. The van der Waals surface area contributed by atoms with E-state index in [9.17, 15) is 14.4 Å². The van der Waals surface area contributed by atoms with Crippen molar-refractivity contribution in [1.82, 2.24) is 14.9 Å². The number of Topliss-reactive ketones (excluding diaryl/α,β-unsaturated/α-hetero) is 1. The highest BCUT2D eigenvalue weighted by atomic mass is 32.2. The van der Waals surface area contributed by atoms with Crippen LogP contribution in [0.25, 0.3) is 16.6 Å². The van der Waals surface area contributed by atoms with E-state index in [0.29, 0.717) is 21.6 Å². The molecule has 0 fully saturated rings. The lowest BCUT2D eigenvalue weighted by Gasteiger charge is -2.14. The number of fused-ring (bicyclic) bond motifs is 1. The lowest BCUT2D eigenvalue weighted by Crippen LogP contribution is -2.23. The second-order valence-corrected chi connectivity index (χ2v) is 9.27. The van der Waals surface area contributed by atoms with Gasteiger partial charge in [-0.1, -0.05) is 67.2 Å². The van der Waals surface area contributed by atoms with Crippen molar-refractivity contribution in [3.63, 3.8) is 0 Å². The van der Waals surface area contributed by atoms with Crippen LogP contribution < -0.4 is 10.9 Å². The normalized spacial score (nSPS) is 11.9. The van der Waals surface area contributed by atoms with Crippen molar-refractivity contribution in [2.45, 2.75) is 38.4 Å². The second kappa shape index (κ2) is 10.7. The van der Waals surface area contributed by atoms with Crippen LogP contribution in [0.1, 0.15) is 48.3 Å². The fraction of sp³-hybridized carbons (Fsp3) is 0.214. The minimum Gasteiger partial charge on any atom is -0.350 e. The molecular formula is C28H27N3O3S. The summed E-state index contributed by atoms with van der Waals surface area (Å²) in [6, 6.07) is 22.2. The molecule has 1 unspecified atom stereocenters. The first-order chi connectivity index (χ1) is 16.9. The summed E-state index contributed by atoms with van der Waals surface area (Å²) in [6.45, 7) is 5.45. The number of rotatable bonds is 8. The summed E-state index contributed by atoms with van der Waals surface area (Å²) in [5.41, 5.74) is 3.83. The molecule has 3 aromatic carbocycles. The van der Waals surface area contributed by atoms with Gasteiger partial charge in [0.05, 0.1) is 28.4 Å². The van der Waals surface area contributed by atoms with Crippen LogP contribution in [0.5, 0.6) is 0 Å². The van der Waals surface area contributed by atoms with Gasteiger partial charge in [-0.25, -0.2) is 4.98 Å². The van der Waals surface area contributed by atoms with Gasteiger partial charge in [-0.3, -0.25) is 19.0 Å². The highest BCUT2D eigenvalue weighted by Gasteiger charge is 2.16. The number of aromatic nitrogens is 2. The molecule has 0 bridgehead atoms. The Balaban J connectivity index is 1.61. The minimum atomic E-state index is -0.161. The van der Waals surface area contributed by atoms with E-state index in [2.05, 4.69) is 12.2 Å². The predicted octanol–water partition coefficient (Wildman–Crippen LogP) is 5.12. The summed E-state index contributed by atoms with van der Waals surface area (Å²) in [6.07, 6.45) is 0.906. The van der Waals surface area contributed by atoms with E-state index in [1.807, 2.05) is 61.5 Å². The Bertz CT molecular complexity index is 1430. The van der Waals surface area contributed by atoms with Crippen molar-refractivity contribution in [1.29, 1.82) is 0 Å². The van der Waals surface area contributed by atoms with Gasteiger partial charge in [0.2, 0.25) is 5.91 Å². The third kappa shape index (κ3) is 5.52. The van der Waals surface area contributed by atoms with Crippen molar-refractivity contribution >= 4 is 34.4 Å². The fourth-order valence-corrected chi connectivity index (χ4v) is 4.78. The van der Waals surface area contributed by atoms with E-state index in [-0.39, 0.29) is 29.0 Å². The number of benzene rings is 3. The number of ketones is 1. The summed E-state index contributed by atoms with van der Waals surface area (Å²) in [5.74, 6) is -0.0327. The molecule has 7 heteroatoms. The number of amides is 1. The molecule has 0 saturated carbocycles. The van der Waals surface area contributed by atoms with Crippen LogP contribution in [-0.4, -0.2) is 27.0 Å². The maximum Gasteiger partial charge on any atom is 0.266 e. The third-order valence-corrected chi connectivity index (χ3v) is 6.77. The molecule has 0 aliphatic carbocycles. The number of carbonyl (C=O) groups excluding carboxylic acids is 2. The fourth-order valence-electron chi connectivity index (χ4n) is 3.88. The van der Waals surface area contributed by atoms with Crippen molar-refractivity contribution in [3.8, 4) is 5.69 Å². The van der Waals surface area contributed by atoms with E-state index in [1.54, 1.807) is 22.8 Å². The first-order valence-electron chi connectivity index (χ1n) is 11.5. The van der Waals surface area contributed by atoms with Gasteiger partial charge in [-0.2, -0.15) is 0 Å². The summed E-state index contributed by atoms with van der Waals surface area (Å²) < 4.78 is 1.58. The molecule has 0 radical (unpaired) electrons. The van der Waals surface area contributed by atoms with Crippen LogP contribution in [0.15, 0.2) is 82.7 Å². The van der Waals surface area contributed by atoms with Crippen LogP contribution in [-0.2, 0) is 11.2 Å². The number of aryl methyl sites for hydroxylation is 1. The maximum atomic E-state index is 13.4. The molecule has 0 spiro atoms. The molecule has 4 rings (SSSR count). The van der Waals surface area contributed by atoms with Gasteiger partial charge in [-0.05, 0) is 48.7 Å². The number of hydrogen-bond donors (Lipinski definition) is 1. The summed E-state index contributed by atoms with van der Waals surface area (Å²) in [7, 11) is 0. The zero-order valence-electron chi connectivity index (χ0n) is 19.9. The predicted molar refractivity (Wildman–Crippen MR) is 140 cm³/mol. The van der Waals surface area contributed by atoms with E-state index in [0.717, 1.165) is 17.7 Å². The highest BCUT2D eigenvalue weighted by molar-refractivity contribution is 7.99. The zero-order valence-corrected chi connectivity index (χ0v) is 20.8. The van der Waals surface area contributed by atoms with Crippen molar-refractivity contribution in [2.75, 3.05) is 5.75 Å². The van der Waals surface area contributed by atoms with Gasteiger partial charge >= 0.3 is 0 Å². The summed E-state index contributed by atoms with van der Waals surface area (Å²) >= 11 is 1.25. The van der Waals surface area contributed by atoms with Gasteiger partial charge in [0.15, 0.2) is 10.9 Å². The smallest absolute Gasteiger partial charge is 0.266 e. The van der Waals surface area contributed by atoms with Crippen LogP contribution >= 0.6 is 11.8 Å². The quantitative estimate of drug-likeness (QED) is 0.213. The van der Waals surface area contributed by atoms with Crippen LogP contribution in [0.2, 0.25) is 0 Å². The molecule has 0 aliphatic heterocycles. The number of thioether (sulfide) groups is 1. The van der Waals surface area contributed by atoms with Crippen molar-refractivity contribution in [2.24, 2.45) is 0 Å². The molecule has 0 aliphatic rings. The Morgan fingerprint density at radius 3 is 2.34 bits per heavy atom. The summed E-state index contributed by atoms with van der Waals surface area (Å²) in [5, 5.41) is 3.84. The largest absolute Gasteiger partial charge is 0.350 e. The minimum absolute atomic E-state index is 0.0657. The Hall–Kier alpha value is -3.71. The first kappa shape index (κ1) is 24.4. The number of nitrogens with zero attached hydrogens (tertiary/aromatic N) is 2. The molecule has 6 nitrogen and oxygen atoms in total. The second-order valence-electron chi connectivity index (χ2n) is 8.33. The lowest BCUT2D eigenvalue weighted by molar-refractivity contribution is -0.119. The third-order valence-electron chi connectivity index (χ3n) is 5.83. The van der Waals surface area contributed by atoms with Gasteiger partial charge < -0.3 is 5.32 Å². The molecule has 1 heterocycles. The van der Waals surface area contributed by atoms with Gasteiger partial charge in [0.1, 0.15) is 0 Å². The van der Waals surface area contributed by atoms with E-state index in [4.69, 9.17) is 4.98 Å². The number of hydrogen-bond acceptors (Lipinski definition) is 5. The van der Waals surface area contributed by atoms with Crippen LogP contribution in [0.4, 0.5) is 0 Å². The van der Waals surface area contributed by atoms with Crippen molar-refractivity contribution in [3.05, 3.63) is 99.8 Å². The Morgan fingerprint density at radius 1 is 1.00 bits per heavy atom. The SMILES string of the molecule is CCc1ccc(-n2c(SCC(=O)c3ccc(C(C)NC(C)=O)cc3)nc3ccccc3c2=O)cc1. The van der Waals surface area contributed by atoms with Crippen LogP contribution in [0.3, 0.4) is 0 Å². The maximum absolute atomic E-state index is 13.4. The average molecular weight is 486 g/mol. The van der Waals surface area contributed by atoms with E-state index >= 15 is 0 Å². The molecule has 35 heavy (non-hydrogen) atoms. The molecule has 1 atom stereocenters. The van der Waals surface area contributed by atoms with Crippen LogP contribution in [0, 0.1) is 0 Å². The molecule has 4 aromatic rings. The molecule has 178 valence electrons. The average Bonchev–Trinajstić information content (AvgIpc) is 2.87. The topological polar surface area (TPSA) is 81.1 Å². The highest BCUT2D eigenvalue weighted by Crippen LogP contribution is 2.23. The Kier molecular flexibility index (Phi) is 7.46. The number of carbonyl (C=O) groups is 2. The summed E-state index contributed by atoms with van der Waals surface area (Å²) in [4.78, 5) is 42.4. The first-order valence-corrected chi connectivity index (χ1v) is 12.5. The molecule has 1 N–H and O–H groups in total. The monoisotopic (exact) mass is 485 g/mol. The van der Waals surface area contributed by atoms with Crippen molar-refractivity contribution < 1.29 is 9.59 Å². The van der Waals surface area contributed by atoms with E-state index in [1.165, 1.54) is 24.2 Å². The Morgan fingerprint density at radius 2 is 1.69 bits per heavy atom. The number of nitrogens with one attached hydrogen (secondary N) is 1. The lowest BCUT2D eigenvalue weighted by atomic mass is 10.0. The molecule has 1 aromatic heterocycles. The van der Waals surface area contributed by atoms with Gasteiger partial charge in [-0.15, -0.1) is 0 Å². The number of para-hydroxylation sites is 1. The van der Waals surface area contributed by atoms with Gasteiger partial charge in [0.25, 0.3) is 5.56 Å². The molecule has 0 saturated heterocycles. The van der Waals surface area contributed by atoms with E-state index < -0.39 is 0 Å². The zero-order chi connectivity index (χ0) is 24.9. The standard InChI is InChI=1S/C28H27N3O3S/c1-4-20-9-15-23(16-10-20)31-27(34)24-7-5-6-8-25(24)30-28(31)35-17-26(33)22-13-11-21(12-14-22)18(2)29-19(3)32/h5-16,18H,4,17H2,1-3H3,(H,29,32). The Labute approximate surface area is 208 Å².